The van der Waals surface area contributed by atoms with Crippen molar-refractivity contribution in [3.8, 4) is 0 Å². The topological polar surface area (TPSA) is 62.5 Å². The summed E-state index contributed by atoms with van der Waals surface area (Å²) in [6, 6.07) is 8.20. The van der Waals surface area contributed by atoms with Gasteiger partial charge in [0.25, 0.3) is 5.91 Å². The van der Waals surface area contributed by atoms with Crippen LogP contribution in [-0.4, -0.2) is 33.6 Å². The van der Waals surface area contributed by atoms with E-state index in [9.17, 15) is 9.18 Å². The molecule has 0 unspecified atom stereocenters. The van der Waals surface area contributed by atoms with Crippen molar-refractivity contribution < 1.29 is 9.18 Å². The largest absolute Gasteiger partial charge is 0.369 e. The van der Waals surface area contributed by atoms with Crippen LogP contribution in [0.2, 0.25) is 0 Å². The van der Waals surface area contributed by atoms with Gasteiger partial charge in [-0.1, -0.05) is 19.3 Å². The molecular weight excluding hydrogens is 345 g/mol. The highest BCUT2D eigenvalue weighted by Crippen LogP contribution is 2.25. The minimum atomic E-state index is -0.307. The summed E-state index contributed by atoms with van der Waals surface area (Å²) in [5.74, 6) is -0.611. The smallest absolute Gasteiger partial charge is 0.255 e. The average molecular weight is 367 g/mol. The molecule has 3 aromatic rings. The van der Waals surface area contributed by atoms with Crippen molar-refractivity contribution in [1.82, 2.24) is 14.6 Å². The molecule has 1 fully saturated rings. The van der Waals surface area contributed by atoms with E-state index in [1.165, 1.54) is 31.7 Å². The van der Waals surface area contributed by atoms with Gasteiger partial charge in [-0.15, -0.1) is 0 Å². The molecule has 1 aliphatic heterocycles. The third kappa shape index (κ3) is 3.92. The van der Waals surface area contributed by atoms with Gasteiger partial charge in [-0.3, -0.25) is 4.79 Å². The van der Waals surface area contributed by atoms with E-state index in [4.69, 9.17) is 0 Å². The Morgan fingerprint density at radius 3 is 2.59 bits per heavy atom. The highest BCUT2D eigenvalue weighted by molar-refractivity contribution is 6.04. The van der Waals surface area contributed by atoms with Crippen molar-refractivity contribution in [2.75, 3.05) is 23.3 Å². The molecule has 0 aliphatic carbocycles. The number of hydrogen-bond donors (Lipinski definition) is 1. The summed E-state index contributed by atoms with van der Waals surface area (Å²) >= 11 is 0. The van der Waals surface area contributed by atoms with Crippen LogP contribution in [0.25, 0.3) is 5.65 Å². The number of nitrogens with one attached hydrogen (secondary N) is 1. The van der Waals surface area contributed by atoms with Crippen molar-refractivity contribution in [3.63, 3.8) is 0 Å². The van der Waals surface area contributed by atoms with Gasteiger partial charge in [0.2, 0.25) is 0 Å². The standard InChI is InChI=1S/C20H22FN5O/c21-17-13-16(6-7-18(17)25-9-4-2-1-3-5-10-25)24-20(27)15-8-11-26-19(12-15)22-14-23-26/h6-8,11-14H,1-5,9-10H2,(H,24,27). The highest BCUT2D eigenvalue weighted by Gasteiger charge is 2.15. The maximum atomic E-state index is 14.7. The summed E-state index contributed by atoms with van der Waals surface area (Å²) in [4.78, 5) is 18.6. The van der Waals surface area contributed by atoms with E-state index in [0.29, 0.717) is 22.6 Å². The molecule has 1 amide bonds. The molecule has 0 bridgehead atoms. The van der Waals surface area contributed by atoms with Gasteiger partial charge in [0, 0.05) is 30.5 Å². The van der Waals surface area contributed by atoms with E-state index in [-0.39, 0.29) is 11.7 Å². The van der Waals surface area contributed by atoms with Gasteiger partial charge in [-0.25, -0.2) is 13.9 Å². The Morgan fingerprint density at radius 1 is 1.04 bits per heavy atom. The fraction of sp³-hybridized carbons (Fsp3) is 0.350. The summed E-state index contributed by atoms with van der Waals surface area (Å²) in [6.07, 6.45) is 8.93. The first-order chi connectivity index (χ1) is 13.2. The molecule has 27 heavy (non-hydrogen) atoms. The summed E-state index contributed by atoms with van der Waals surface area (Å²) in [7, 11) is 0. The number of amides is 1. The third-order valence-electron chi connectivity index (χ3n) is 4.95. The first-order valence-electron chi connectivity index (χ1n) is 9.36. The Labute approximate surface area is 157 Å². The molecule has 140 valence electrons. The van der Waals surface area contributed by atoms with E-state index in [0.717, 1.165) is 25.9 Å². The number of nitrogens with zero attached hydrogens (tertiary/aromatic N) is 4. The van der Waals surface area contributed by atoms with Gasteiger partial charge >= 0.3 is 0 Å². The van der Waals surface area contributed by atoms with Crippen LogP contribution in [-0.2, 0) is 0 Å². The number of aromatic nitrogens is 3. The Kier molecular flexibility index (Phi) is 5.00. The molecule has 6 nitrogen and oxygen atoms in total. The molecule has 2 aromatic heterocycles. The number of fused-ring (bicyclic) bond motifs is 1. The number of rotatable bonds is 3. The number of pyridine rings is 1. The van der Waals surface area contributed by atoms with Crippen LogP contribution >= 0.6 is 0 Å². The van der Waals surface area contributed by atoms with Crippen molar-refractivity contribution >= 4 is 22.9 Å². The number of halogens is 1. The number of benzene rings is 1. The van der Waals surface area contributed by atoms with Gasteiger partial charge in [0.05, 0.1) is 5.69 Å². The summed E-state index contributed by atoms with van der Waals surface area (Å²) in [6.45, 7) is 1.75. The van der Waals surface area contributed by atoms with Crippen molar-refractivity contribution in [3.05, 3.63) is 54.2 Å². The maximum Gasteiger partial charge on any atom is 0.255 e. The quantitative estimate of drug-likeness (QED) is 0.763. The molecule has 0 atom stereocenters. The zero-order valence-electron chi connectivity index (χ0n) is 15.1. The molecule has 1 aliphatic rings. The highest BCUT2D eigenvalue weighted by atomic mass is 19.1. The normalized spacial score (nSPS) is 15.4. The minimum Gasteiger partial charge on any atom is -0.369 e. The Bertz CT molecular complexity index is 946. The predicted octanol–water partition coefficient (Wildman–Crippen LogP) is 3.89. The number of anilines is 2. The van der Waals surface area contributed by atoms with Crippen LogP contribution in [0.15, 0.2) is 42.9 Å². The monoisotopic (exact) mass is 367 g/mol. The molecule has 0 spiro atoms. The van der Waals surface area contributed by atoms with Gasteiger partial charge in [-0.2, -0.15) is 5.10 Å². The molecule has 0 radical (unpaired) electrons. The Hall–Kier alpha value is -2.96. The zero-order valence-corrected chi connectivity index (χ0v) is 15.1. The first kappa shape index (κ1) is 17.5. The van der Waals surface area contributed by atoms with Crippen LogP contribution in [0.4, 0.5) is 15.8 Å². The summed E-state index contributed by atoms with van der Waals surface area (Å²) in [5, 5.41) is 6.75. The second kappa shape index (κ2) is 7.73. The molecule has 1 aromatic carbocycles. The van der Waals surface area contributed by atoms with Gasteiger partial charge < -0.3 is 10.2 Å². The second-order valence-electron chi connectivity index (χ2n) is 6.85. The molecular formula is C20H22FN5O. The lowest BCUT2D eigenvalue weighted by atomic mass is 10.1. The predicted molar refractivity (Wildman–Crippen MR) is 103 cm³/mol. The van der Waals surface area contributed by atoms with Gasteiger partial charge in [-0.05, 0) is 43.2 Å². The number of hydrogen-bond acceptors (Lipinski definition) is 4. The number of carbonyl (C=O) groups excluding carboxylic acids is 1. The van der Waals surface area contributed by atoms with Gasteiger partial charge in [0.1, 0.15) is 12.1 Å². The zero-order chi connectivity index (χ0) is 18.6. The van der Waals surface area contributed by atoms with Crippen molar-refractivity contribution in [1.29, 1.82) is 0 Å². The Morgan fingerprint density at radius 2 is 1.81 bits per heavy atom. The average Bonchev–Trinajstić information content (AvgIpc) is 3.10. The van der Waals surface area contributed by atoms with Crippen LogP contribution < -0.4 is 10.2 Å². The van der Waals surface area contributed by atoms with E-state index in [2.05, 4.69) is 20.3 Å². The van der Waals surface area contributed by atoms with Crippen LogP contribution in [0.1, 0.15) is 42.5 Å². The fourth-order valence-electron chi connectivity index (χ4n) is 3.49. The third-order valence-corrected chi connectivity index (χ3v) is 4.95. The summed E-state index contributed by atoms with van der Waals surface area (Å²) < 4.78 is 16.3. The molecule has 4 rings (SSSR count). The van der Waals surface area contributed by atoms with E-state index < -0.39 is 0 Å². The second-order valence-corrected chi connectivity index (χ2v) is 6.85. The lowest BCUT2D eigenvalue weighted by molar-refractivity contribution is 0.102. The van der Waals surface area contributed by atoms with Crippen LogP contribution in [0.3, 0.4) is 0 Å². The minimum absolute atomic E-state index is 0.304. The summed E-state index contributed by atoms with van der Waals surface area (Å²) in [5.41, 5.74) is 2.08. The molecule has 1 N–H and O–H groups in total. The van der Waals surface area contributed by atoms with Gasteiger partial charge in [0.15, 0.2) is 5.65 Å². The molecule has 7 heteroatoms. The lowest BCUT2D eigenvalue weighted by Crippen LogP contribution is -2.27. The number of carbonyl (C=O) groups is 1. The van der Waals surface area contributed by atoms with E-state index in [1.54, 1.807) is 35.0 Å². The lowest BCUT2D eigenvalue weighted by Gasteiger charge is -2.27. The van der Waals surface area contributed by atoms with Crippen molar-refractivity contribution in [2.24, 2.45) is 0 Å². The molecule has 3 heterocycles. The fourth-order valence-corrected chi connectivity index (χ4v) is 3.49. The van der Waals surface area contributed by atoms with Crippen molar-refractivity contribution in [2.45, 2.75) is 32.1 Å². The maximum absolute atomic E-state index is 14.7. The SMILES string of the molecule is O=C(Nc1ccc(N2CCCCCCC2)c(F)c1)c1ccn2ncnc2c1. The Balaban J connectivity index is 1.48. The van der Waals surface area contributed by atoms with E-state index >= 15 is 0 Å². The van der Waals surface area contributed by atoms with E-state index in [1.807, 2.05) is 0 Å². The van der Waals surface area contributed by atoms with Crippen LogP contribution in [0.5, 0.6) is 0 Å². The molecule has 0 saturated carbocycles. The molecule has 1 saturated heterocycles. The van der Waals surface area contributed by atoms with Crippen LogP contribution in [0, 0.1) is 5.82 Å². The first-order valence-corrected chi connectivity index (χ1v) is 9.36.